The Morgan fingerprint density at radius 1 is 1.09 bits per heavy atom. The number of amides is 1. The van der Waals surface area contributed by atoms with Crippen molar-refractivity contribution in [1.29, 1.82) is 0 Å². The van der Waals surface area contributed by atoms with Gasteiger partial charge in [-0.15, -0.1) is 0 Å². The number of nitrogens with zero attached hydrogens (tertiary/aromatic N) is 2. The van der Waals surface area contributed by atoms with Gasteiger partial charge in [0.25, 0.3) is 0 Å². The van der Waals surface area contributed by atoms with E-state index in [1.54, 1.807) is 25.3 Å². The third-order valence-corrected chi connectivity index (χ3v) is 6.24. The SMILES string of the molecule is COC(=O)[C@@]12CC(c3ccc(C)cc3)=N[C@]1(O)CN(Cc1ccc(OC)c(OC)c1)C2=O. The van der Waals surface area contributed by atoms with Crippen LogP contribution in [0.25, 0.3) is 0 Å². The van der Waals surface area contributed by atoms with Crippen molar-refractivity contribution in [2.24, 2.45) is 10.4 Å². The Labute approximate surface area is 186 Å². The predicted molar refractivity (Wildman–Crippen MR) is 117 cm³/mol. The van der Waals surface area contributed by atoms with Crippen molar-refractivity contribution >= 4 is 17.6 Å². The molecule has 1 N–H and O–H groups in total. The third-order valence-electron chi connectivity index (χ3n) is 6.24. The maximum Gasteiger partial charge on any atom is 0.326 e. The van der Waals surface area contributed by atoms with E-state index >= 15 is 0 Å². The minimum atomic E-state index is -1.91. The molecule has 8 nitrogen and oxygen atoms in total. The molecule has 2 aliphatic heterocycles. The molecule has 168 valence electrons. The molecule has 0 unspecified atom stereocenters. The number of aliphatic imine (C=N–C) groups is 1. The van der Waals surface area contributed by atoms with Crippen LogP contribution in [0.1, 0.15) is 23.1 Å². The lowest BCUT2D eigenvalue weighted by Crippen LogP contribution is -2.51. The molecule has 0 saturated carbocycles. The fourth-order valence-electron chi connectivity index (χ4n) is 4.51. The molecular weight excluding hydrogens is 412 g/mol. The molecule has 2 atom stereocenters. The van der Waals surface area contributed by atoms with Gasteiger partial charge in [0, 0.05) is 18.7 Å². The predicted octanol–water partition coefficient (Wildman–Crippen LogP) is 2.10. The van der Waals surface area contributed by atoms with E-state index in [1.807, 2.05) is 31.2 Å². The van der Waals surface area contributed by atoms with Gasteiger partial charge in [-0.3, -0.25) is 14.6 Å². The average molecular weight is 438 g/mol. The van der Waals surface area contributed by atoms with Gasteiger partial charge in [-0.2, -0.15) is 0 Å². The van der Waals surface area contributed by atoms with Crippen molar-refractivity contribution in [2.45, 2.75) is 25.6 Å². The van der Waals surface area contributed by atoms with E-state index in [1.165, 1.54) is 19.1 Å². The molecule has 0 aliphatic carbocycles. The first-order valence-electron chi connectivity index (χ1n) is 10.2. The maximum atomic E-state index is 13.6. The summed E-state index contributed by atoms with van der Waals surface area (Å²) < 4.78 is 15.6. The fourth-order valence-corrected chi connectivity index (χ4v) is 4.51. The molecule has 1 saturated heterocycles. The summed E-state index contributed by atoms with van der Waals surface area (Å²) in [5.74, 6) is -0.200. The van der Waals surface area contributed by atoms with E-state index in [0.717, 1.165) is 16.7 Å². The Kier molecular flexibility index (Phi) is 5.42. The first-order chi connectivity index (χ1) is 15.3. The van der Waals surface area contributed by atoms with Crippen LogP contribution in [0.2, 0.25) is 0 Å². The lowest BCUT2D eigenvalue weighted by atomic mass is 9.77. The van der Waals surface area contributed by atoms with Gasteiger partial charge in [-0.1, -0.05) is 35.9 Å². The molecule has 8 heteroatoms. The maximum absolute atomic E-state index is 13.6. The highest BCUT2D eigenvalue weighted by atomic mass is 16.5. The molecular formula is C24H26N2O6. The Hall–Kier alpha value is -3.39. The van der Waals surface area contributed by atoms with E-state index in [4.69, 9.17) is 14.2 Å². The van der Waals surface area contributed by atoms with Crippen molar-refractivity contribution in [3.8, 4) is 11.5 Å². The second kappa shape index (κ2) is 7.94. The largest absolute Gasteiger partial charge is 0.493 e. The average Bonchev–Trinajstić information content (AvgIpc) is 3.21. The van der Waals surface area contributed by atoms with Crippen LogP contribution in [-0.4, -0.2) is 61.2 Å². The standard InChI is InChI=1S/C24H26N2O6/c1-15-5-8-17(9-6-15)18-12-23(22(28)32-4)21(27)26(14-24(23,29)25-18)13-16-7-10-19(30-2)20(11-16)31-3/h5-11,29H,12-14H2,1-4H3/t23-,24-/m0/s1. The number of hydrogen-bond donors (Lipinski definition) is 1. The van der Waals surface area contributed by atoms with Crippen molar-refractivity contribution < 1.29 is 28.9 Å². The summed E-state index contributed by atoms with van der Waals surface area (Å²) in [5, 5.41) is 11.5. The molecule has 2 heterocycles. The van der Waals surface area contributed by atoms with Crippen LogP contribution in [0.3, 0.4) is 0 Å². The second-order valence-corrected chi connectivity index (χ2v) is 8.17. The number of aliphatic hydroxyl groups is 1. The van der Waals surface area contributed by atoms with E-state index in [-0.39, 0.29) is 19.5 Å². The van der Waals surface area contributed by atoms with Gasteiger partial charge in [0.2, 0.25) is 11.3 Å². The molecule has 4 rings (SSSR count). The minimum Gasteiger partial charge on any atom is -0.493 e. The van der Waals surface area contributed by atoms with Gasteiger partial charge in [0.1, 0.15) is 0 Å². The summed E-state index contributed by atoms with van der Waals surface area (Å²) >= 11 is 0. The molecule has 1 fully saturated rings. The summed E-state index contributed by atoms with van der Waals surface area (Å²) in [4.78, 5) is 32.4. The number of fused-ring (bicyclic) bond motifs is 1. The molecule has 2 aliphatic rings. The number of carbonyl (C=O) groups excluding carboxylic acids is 2. The number of hydrogen-bond acceptors (Lipinski definition) is 7. The number of carbonyl (C=O) groups is 2. The Morgan fingerprint density at radius 3 is 2.41 bits per heavy atom. The van der Waals surface area contributed by atoms with E-state index in [2.05, 4.69) is 4.99 Å². The summed E-state index contributed by atoms with van der Waals surface area (Å²) in [5.41, 5.74) is -0.599. The molecule has 0 aromatic heterocycles. The van der Waals surface area contributed by atoms with Crippen LogP contribution >= 0.6 is 0 Å². The first kappa shape index (κ1) is 21.8. The summed E-state index contributed by atoms with van der Waals surface area (Å²) in [6.45, 7) is 2.02. The number of aryl methyl sites for hydroxylation is 1. The summed E-state index contributed by atoms with van der Waals surface area (Å²) in [7, 11) is 4.29. The normalized spacial score (nSPS) is 24.2. The summed E-state index contributed by atoms with van der Waals surface area (Å²) in [6, 6.07) is 12.9. The number of methoxy groups -OCH3 is 3. The van der Waals surface area contributed by atoms with Crippen LogP contribution in [-0.2, 0) is 20.9 Å². The highest BCUT2D eigenvalue weighted by Gasteiger charge is 2.72. The van der Waals surface area contributed by atoms with Crippen LogP contribution in [0, 0.1) is 12.3 Å². The molecule has 0 radical (unpaired) electrons. The van der Waals surface area contributed by atoms with Gasteiger partial charge in [0.05, 0.1) is 27.9 Å². The molecule has 2 aromatic carbocycles. The highest BCUT2D eigenvalue weighted by molar-refractivity contribution is 6.15. The number of rotatable bonds is 6. The van der Waals surface area contributed by atoms with Gasteiger partial charge in [0.15, 0.2) is 17.2 Å². The molecule has 32 heavy (non-hydrogen) atoms. The molecule has 0 spiro atoms. The zero-order valence-electron chi connectivity index (χ0n) is 18.5. The smallest absolute Gasteiger partial charge is 0.326 e. The highest BCUT2D eigenvalue weighted by Crippen LogP contribution is 2.51. The Balaban J connectivity index is 1.68. The minimum absolute atomic E-state index is 0.0273. The lowest BCUT2D eigenvalue weighted by Gasteiger charge is -2.27. The van der Waals surface area contributed by atoms with Crippen molar-refractivity contribution in [3.63, 3.8) is 0 Å². The number of esters is 1. The monoisotopic (exact) mass is 438 g/mol. The Morgan fingerprint density at radius 2 is 1.78 bits per heavy atom. The van der Waals surface area contributed by atoms with Gasteiger partial charge in [-0.25, -0.2) is 0 Å². The van der Waals surface area contributed by atoms with Crippen LogP contribution in [0.15, 0.2) is 47.5 Å². The van der Waals surface area contributed by atoms with Crippen LogP contribution in [0.5, 0.6) is 11.5 Å². The topological polar surface area (TPSA) is 97.7 Å². The number of ether oxygens (including phenoxy) is 3. The Bertz CT molecular complexity index is 1100. The van der Waals surface area contributed by atoms with Gasteiger partial charge < -0.3 is 24.2 Å². The van der Waals surface area contributed by atoms with Crippen molar-refractivity contribution in [1.82, 2.24) is 4.90 Å². The second-order valence-electron chi connectivity index (χ2n) is 8.17. The van der Waals surface area contributed by atoms with E-state index in [0.29, 0.717) is 17.2 Å². The summed E-state index contributed by atoms with van der Waals surface area (Å²) in [6.07, 6.45) is -0.0273. The van der Waals surface area contributed by atoms with Gasteiger partial charge in [-0.05, 0) is 30.2 Å². The number of likely N-dealkylation sites (tertiary alicyclic amines) is 1. The number of benzene rings is 2. The first-order valence-corrected chi connectivity index (χ1v) is 10.2. The zero-order chi connectivity index (χ0) is 23.1. The van der Waals surface area contributed by atoms with E-state index in [9.17, 15) is 14.7 Å². The van der Waals surface area contributed by atoms with Crippen LogP contribution in [0.4, 0.5) is 0 Å². The zero-order valence-corrected chi connectivity index (χ0v) is 18.5. The van der Waals surface area contributed by atoms with Crippen molar-refractivity contribution in [3.05, 3.63) is 59.2 Å². The van der Waals surface area contributed by atoms with Crippen molar-refractivity contribution in [2.75, 3.05) is 27.9 Å². The van der Waals surface area contributed by atoms with E-state index < -0.39 is 23.0 Å². The third kappa shape index (κ3) is 3.22. The molecule has 1 amide bonds. The number of β-amino-alcohol motifs (C(OH)–C–C–N with tert-alkyl or cyclic N) is 1. The molecule has 0 bridgehead atoms. The van der Waals surface area contributed by atoms with Gasteiger partial charge >= 0.3 is 5.97 Å². The lowest BCUT2D eigenvalue weighted by molar-refractivity contribution is -0.168. The quantitative estimate of drug-likeness (QED) is 0.548. The fraction of sp³-hybridized carbons (Fsp3) is 0.375. The van der Waals surface area contributed by atoms with Crippen LogP contribution < -0.4 is 9.47 Å². The molecule has 2 aromatic rings.